The molecule has 3 aromatic heterocycles. The number of nitriles is 1. The smallest absolute Gasteiger partial charge is 0.389 e. The molecular weight excluding hydrogens is 698 g/mol. The molecule has 1 saturated heterocycles. The molecule has 5 heterocycles. The van der Waals surface area contributed by atoms with Crippen LogP contribution in [-0.2, 0) is 23.9 Å². The van der Waals surface area contributed by atoms with Crippen molar-refractivity contribution < 1.29 is 26.7 Å². The first-order valence-electron chi connectivity index (χ1n) is 15.4. The van der Waals surface area contributed by atoms with Gasteiger partial charge in [-0.2, -0.15) is 23.4 Å². The summed E-state index contributed by atoms with van der Waals surface area (Å²) in [6, 6.07) is 6.78. The highest BCUT2D eigenvalue weighted by atomic mass is 32.2. The zero-order valence-electron chi connectivity index (χ0n) is 26.1. The number of pyridine rings is 1. The lowest BCUT2D eigenvalue weighted by atomic mass is 9.92. The van der Waals surface area contributed by atoms with Crippen LogP contribution in [0.3, 0.4) is 0 Å². The number of thioether (sulfide) groups is 1. The number of hydrogen-bond donors (Lipinski definition) is 1. The van der Waals surface area contributed by atoms with E-state index in [4.69, 9.17) is 5.73 Å². The third-order valence-corrected chi connectivity index (χ3v) is 11.4. The van der Waals surface area contributed by atoms with E-state index in [-0.39, 0.29) is 92.6 Å². The fourth-order valence-corrected chi connectivity index (χ4v) is 9.02. The Hall–Kier alpha value is -5.01. The number of aromatic nitrogens is 3. The van der Waals surface area contributed by atoms with Crippen LogP contribution in [0.25, 0.3) is 32.1 Å². The highest BCUT2D eigenvalue weighted by Crippen LogP contribution is 2.52. The molecule has 50 heavy (non-hydrogen) atoms. The Bertz CT molecular complexity index is 2310. The van der Waals surface area contributed by atoms with E-state index in [9.17, 15) is 14.9 Å². The van der Waals surface area contributed by atoms with Crippen molar-refractivity contribution >= 4 is 60.8 Å². The molecule has 1 unspecified atom stereocenters. The molecule has 0 spiro atoms. The topological polar surface area (TPSA) is 121 Å². The Morgan fingerprint density at radius 2 is 1.84 bits per heavy atom. The molecule has 2 aliphatic rings. The van der Waals surface area contributed by atoms with Gasteiger partial charge in [0.05, 0.1) is 21.3 Å². The Kier molecular flexibility index (Phi) is 8.51. The second kappa shape index (κ2) is 12.7. The second-order valence-electron chi connectivity index (χ2n) is 12.0. The number of nitrogen functional groups attached to an aromatic ring is 1. The van der Waals surface area contributed by atoms with Gasteiger partial charge in [-0.25, -0.2) is 13.6 Å². The van der Waals surface area contributed by atoms with E-state index in [0.717, 1.165) is 23.4 Å². The summed E-state index contributed by atoms with van der Waals surface area (Å²) in [5.74, 6) is -2.72. The van der Waals surface area contributed by atoms with Gasteiger partial charge in [0.15, 0.2) is 0 Å². The molecule has 1 amide bonds. The fraction of sp³-hybridized carbons (Fsp3) is 0.265. The number of piperazine rings is 1. The lowest BCUT2D eigenvalue weighted by Crippen LogP contribution is -2.49. The molecule has 256 valence electrons. The molecule has 1 fully saturated rings. The fourth-order valence-electron chi connectivity index (χ4n) is 6.75. The minimum absolute atomic E-state index is 0.000604. The number of fused-ring (bicyclic) bond motifs is 1. The second-order valence-corrected chi connectivity index (χ2v) is 14.1. The van der Waals surface area contributed by atoms with Gasteiger partial charge in [-0.3, -0.25) is 14.3 Å². The number of carbonyl (C=O) groups excluding carboxylic acids is 1. The quantitative estimate of drug-likeness (QED) is 0.168. The van der Waals surface area contributed by atoms with Crippen LogP contribution in [0.2, 0.25) is 0 Å². The number of halogens is 5. The van der Waals surface area contributed by atoms with Gasteiger partial charge in [0.2, 0.25) is 5.91 Å². The summed E-state index contributed by atoms with van der Waals surface area (Å²) in [4.78, 5) is 37.7. The summed E-state index contributed by atoms with van der Waals surface area (Å²) in [7, 11) is 0. The molecule has 0 aliphatic carbocycles. The SMILES string of the molecule is C=CC(=O)N1CCN(c2nc(=O)n3c4c(c(-c5c(F)cc(F)c6sc(N)c(C#N)c56)c(C(F)(F)F)cc24)SCC(Cc2ccncc2)C3)CC1. The molecule has 2 aromatic carbocycles. The van der Waals surface area contributed by atoms with Gasteiger partial charge in [0, 0.05) is 83.7 Å². The number of nitrogens with zero attached hydrogens (tertiary/aromatic N) is 6. The third-order valence-electron chi connectivity index (χ3n) is 9.00. The molecule has 5 aromatic rings. The normalized spacial score (nSPS) is 16.4. The van der Waals surface area contributed by atoms with E-state index in [0.29, 0.717) is 23.8 Å². The molecular formula is C34H26F5N7O2S2. The van der Waals surface area contributed by atoms with Gasteiger partial charge in [-0.1, -0.05) is 6.58 Å². The number of anilines is 2. The number of hydrogen-bond acceptors (Lipinski definition) is 9. The van der Waals surface area contributed by atoms with Crippen molar-refractivity contribution in [3.63, 3.8) is 0 Å². The maximum absolute atomic E-state index is 16.1. The van der Waals surface area contributed by atoms with E-state index >= 15 is 22.0 Å². The van der Waals surface area contributed by atoms with Gasteiger partial charge in [0.1, 0.15) is 28.5 Å². The molecule has 7 rings (SSSR count). The summed E-state index contributed by atoms with van der Waals surface area (Å²) >= 11 is 1.68. The van der Waals surface area contributed by atoms with E-state index < -0.39 is 40.2 Å². The molecule has 16 heteroatoms. The highest BCUT2D eigenvalue weighted by Gasteiger charge is 2.40. The molecule has 2 N–H and O–H groups in total. The monoisotopic (exact) mass is 723 g/mol. The van der Waals surface area contributed by atoms with E-state index in [1.54, 1.807) is 29.4 Å². The average Bonchev–Trinajstić information content (AvgIpc) is 3.31. The number of rotatable bonds is 5. The lowest BCUT2D eigenvalue weighted by Gasteiger charge is -2.35. The first kappa shape index (κ1) is 33.5. The Morgan fingerprint density at radius 1 is 1.12 bits per heavy atom. The molecule has 0 radical (unpaired) electrons. The van der Waals surface area contributed by atoms with Crippen molar-refractivity contribution in [1.82, 2.24) is 19.4 Å². The number of carbonyl (C=O) groups is 1. The van der Waals surface area contributed by atoms with Gasteiger partial charge in [-0.15, -0.1) is 23.1 Å². The molecule has 2 aliphatic heterocycles. The highest BCUT2D eigenvalue weighted by molar-refractivity contribution is 7.99. The zero-order valence-corrected chi connectivity index (χ0v) is 27.7. The predicted molar refractivity (Wildman–Crippen MR) is 182 cm³/mol. The Morgan fingerprint density at radius 3 is 2.50 bits per heavy atom. The largest absolute Gasteiger partial charge is 0.417 e. The predicted octanol–water partition coefficient (Wildman–Crippen LogP) is 6.22. The van der Waals surface area contributed by atoms with Crippen LogP contribution in [0.15, 0.2) is 59.0 Å². The lowest BCUT2D eigenvalue weighted by molar-refractivity contribution is -0.137. The maximum atomic E-state index is 16.1. The van der Waals surface area contributed by atoms with Crippen LogP contribution >= 0.6 is 23.1 Å². The van der Waals surface area contributed by atoms with E-state index in [2.05, 4.69) is 16.5 Å². The van der Waals surface area contributed by atoms with Crippen molar-refractivity contribution in [3.8, 4) is 17.2 Å². The summed E-state index contributed by atoms with van der Waals surface area (Å²) in [5, 5.41) is 9.44. The minimum atomic E-state index is -5.07. The van der Waals surface area contributed by atoms with Crippen LogP contribution in [0.4, 0.5) is 32.8 Å². The van der Waals surface area contributed by atoms with Gasteiger partial charge < -0.3 is 15.5 Å². The summed E-state index contributed by atoms with van der Waals surface area (Å²) < 4.78 is 78.4. The standard InChI is InChI=1S/C34H26F5N7O2S2/c1-2-24(47)44-7-9-45(10-8-44)32-19-12-21(34(37,38)39)26(27-22(35)13-23(36)29-25(27)20(14-40)31(41)50-29)30-28(19)46(33(48)43-32)15-18(16-49-30)11-17-3-5-42-6-4-17/h2-6,12-13,18H,1,7-11,15-16,41H2. The molecule has 0 bridgehead atoms. The minimum Gasteiger partial charge on any atom is -0.389 e. The van der Waals surface area contributed by atoms with Gasteiger partial charge >= 0.3 is 11.9 Å². The van der Waals surface area contributed by atoms with Crippen molar-refractivity contribution in [2.45, 2.75) is 24.0 Å². The zero-order chi connectivity index (χ0) is 35.5. The van der Waals surface area contributed by atoms with Crippen molar-refractivity contribution in [2.75, 3.05) is 42.6 Å². The summed E-state index contributed by atoms with van der Waals surface area (Å²) in [6.07, 6.45) is -0.209. The first-order valence-corrected chi connectivity index (χ1v) is 17.2. The van der Waals surface area contributed by atoms with Crippen molar-refractivity contribution in [1.29, 1.82) is 5.26 Å². The van der Waals surface area contributed by atoms with E-state index in [1.807, 2.05) is 6.07 Å². The van der Waals surface area contributed by atoms with Gasteiger partial charge in [0.25, 0.3) is 0 Å². The molecule has 1 atom stereocenters. The molecule has 9 nitrogen and oxygen atoms in total. The van der Waals surface area contributed by atoms with Crippen LogP contribution in [0.5, 0.6) is 0 Å². The van der Waals surface area contributed by atoms with Crippen molar-refractivity contribution in [2.24, 2.45) is 5.92 Å². The van der Waals surface area contributed by atoms with Crippen molar-refractivity contribution in [3.05, 3.63) is 88.1 Å². The number of benzene rings is 2. The summed E-state index contributed by atoms with van der Waals surface area (Å²) in [5.41, 5.74) is 3.50. The molecule has 0 saturated carbocycles. The number of thiophene rings is 1. The van der Waals surface area contributed by atoms with Crippen LogP contribution in [0.1, 0.15) is 16.7 Å². The number of nitrogens with two attached hydrogens (primary N) is 1. The number of amides is 1. The Labute approximate surface area is 289 Å². The summed E-state index contributed by atoms with van der Waals surface area (Å²) in [6.45, 7) is 4.37. The van der Waals surface area contributed by atoms with Gasteiger partial charge in [-0.05, 0) is 42.2 Å². The van der Waals surface area contributed by atoms with Crippen LogP contribution < -0.4 is 16.3 Å². The average molecular weight is 724 g/mol. The first-order chi connectivity index (χ1) is 23.9. The Balaban J connectivity index is 1.54. The van der Waals surface area contributed by atoms with E-state index in [1.165, 1.54) is 15.5 Å². The maximum Gasteiger partial charge on any atom is 0.417 e. The number of alkyl halides is 3. The van der Waals surface area contributed by atoms with Crippen LogP contribution in [-0.4, -0.2) is 57.3 Å². The third kappa shape index (κ3) is 5.63. The van der Waals surface area contributed by atoms with Crippen LogP contribution in [0, 0.1) is 28.9 Å².